The number of hydrogen-bond acceptors (Lipinski definition) is 2. The molecule has 1 unspecified atom stereocenters. The van der Waals surface area contributed by atoms with E-state index in [0.717, 1.165) is 30.8 Å². The van der Waals surface area contributed by atoms with Crippen LogP contribution in [0.5, 0.6) is 0 Å². The Hall–Kier alpha value is -1.23. The molecule has 1 atom stereocenters. The summed E-state index contributed by atoms with van der Waals surface area (Å²) in [6, 6.07) is 5.44. The number of rotatable bonds is 2. The molecular weight excluding hydrogens is 241 g/mol. The third kappa shape index (κ3) is 3.16. The highest BCUT2D eigenvalue weighted by molar-refractivity contribution is 5.46. The third-order valence-electron chi connectivity index (χ3n) is 3.17. The number of hydrogen-bond donors (Lipinski definition) is 2. The van der Waals surface area contributed by atoms with Crippen LogP contribution in [0, 0.1) is 0 Å². The lowest BCUT2D eigenvalue weighted by Gasteiger charge is -2.18. The first kappa shape index (κ1) is 13.2. The normalized spacial score (nSPS) is 23.1. The molecule has 0 bridgehead atoms. The van der Waals surface area contributed by atoms with Crippen LogP contribution in [0.3, 0.4) is 0 Å². The van der Waals surface area contributed by atoms with Gasteiger partial charge in [-0.2, -0.15) is 13.2 Å². The van der Waals surface area contributed by atoms with E-state index in [0.29, 0.717) is 0 Å². The second kappa shape index (κ2) is 4.46. The van der Waals surface area contributed by atoms with Crippen LogP contribution in [0.2, 0.25) is 0 Å². The fourth-order valence-electron chi connectivity index (χ4n) is 2.25. The van der Waals surface area contributed by atoms with E-state index in [9.17, 15) is 13.2 Å². The van der Waals surface area contributed by atoms with Crippen LogP contribution >= 0.6 is 0 Å². The molecule has 0 amide bonds. The number of nitrogens with one attached hydrogen (secondary N) is 2. The molecule has 2 rings (SSSR count). The van der Waals surface area contributed by atoms with E-state index in [1.165, 1.54) is 12.1 Å². The average molecular weight is 258 g/mol. The van der Waals surface area contributed by atoms with Crippen molar-refractivity contribution in [2.24, 2.45) is 0 Å². The van der Waals surface area contributed by atoms with Gasteiger partial charge in [0.05, 0.1) is 5.56 Å². The Morgan fingerprint density at radius 1 is 1.22 bits per heavy atom. The van der Waals surface area contributed by atoms with E-state index in [-0.39, 0.29) is 11.6 Å². The molecule has 1 heterocycles. The van der Waals surface area contributed by atoms with Crippen LogP contribution in [0.1, 0.15) is 25.8 Å². The highest BCUT2D eigenvalue weighted by atomic mass is 19.4. The van der Waals surface area contributed by atoms with Gasteiger partial charge in [-0.1, -0.05) is 0 Å². The standard InChI is InChI=1S/C13H17F3N2/c1-12(2)7-11(8-17-12)18-10-5-3-9(4-6-10)13(14,15)16/h3-6,11,17-18H,7-8H2,1-2H3. The predicted molar refractivity (Wildman–Crippen MR) is 65.6 cm³/mol. The van der Waals surface area contributed by atoms with Crippen LogP contribution in [0.15, 0.2) is 24.3 Å². The van der Waals surface area contributed by atoms with Crippen molar-refractivity contribution in [1.82, 2.24) is 5.32 Å². The van der Waals surface area contributed by atoms with Crippen molar-refractivity contribution in [2.75, 3.05) is 11.9 Å². The first-order valence-electron chi connectivity index (χ1n) is 5.95. The average Bonchev–Trinajstić information content (AvgIpc) is 2.57. The van der Waals surface area contributed by atoms with Gasteiger partial charge < -0.3 is 10.6 Å². The van der Waals surface area contributed by atoms with E-state index in [2.05, 4.69) is 24.5 Å². The molecule has 2 N–H and O–H groups in total. The molecule has 0 radical (unpaired) electrons. The lowest BCUT2D eigenvalue weighted by Crippen LogP contribution is -2.31. The largest absolute Gasteiger partial charge is 0.416 e. The monoisotopic (exact) mass is 258 g/mol. The molecule has 1 fully saturated rings. The van der Waals surface area contributed by atoms with E-state index in [4.69, 9.17) is 0 Å². The van der Waals surface area contributed by atoms with Gasteiger partial charge in [-0.3, -0.25) is 0 Å². The van der Waals surface area contributed by atoms with Gasteiger partial charge in [-0.15, -0.1) is 0 Å². The molecule has 1 saturated heterocycles. The SMILES string of the molecule is CC1(C)CC(Nc2ccc(C(F)(F)F)cc2)CN1. The van der Waals surface area contributed by atoms with Gasteiger partial charge in [0.2, 0.25) is 0 Å². The van der Waals surface area contributed by atoms with Crippen molar-refractivity contribution in [1.29, 1.82) is 0 Å². The Morgan fingerprint density at radius 3 is 2.28 bits per heavy atom. The fraction of sp³-hybridized carbons (Fsp3) is 0.538. The Morgan fingerprint density at radius 2 is 1.83 bits per heavy atom. The number of halogens is 3. The van der Waals surface area contributed by atoms with Crippen molar-refractivity contribution in [3.63, 3.8) is 0 Å². The number of anilines is 1. The van der Waals surface area contributed by atoms with E-state index < -0.39 is 11.7 Å². The molecule has 0 saturated carbocycles. The van der Waals surface area contributed by atoms with E-state index in [1.54, 1.807) is 0 Å². The van der Waals surface area contributed by atoms with Crippen LogP contribution < -0.4 is 10.6 Å². The van der Waals surface area contributed by atoms with Gasteiger partial charge in [0.1, 0.15) is 0 Å². The summed E-state index contributed by atoms with van der Waals surface area (Å²) in [4.78, 5) is 0. The van der Waals surface area contributed by atoms with Crippen molar-refractivity contribution >= 4 is 5.69 Å². The summed E-state index contributed by atoms with van der Waals surface area (Å²) >= 11 is 0. The minimum absolute atomic E-state index is 0.0869. The molecule has 1 aliphatic rings. The molecular formula is C13H17F3N2. The Balaban J connectivity index is 1.99. The molecule has 0 aromatic heterocycles. The summed E-state index contributed by atoms with van der Waals surface area (Å²) in [5.41, 5.74) is 0.203. The number of alkyl halides is 3. The first-order chi connectivity index (χ1) is 8.26. The molecule has 5 heteroatoms. The molecule has 0 spiro atoms. The minimum atomic E-state index is -4.27. The van der Waals surface area contributed by atoms with Crippen molar-refractivity contribution in [3.8, 4) is 0 Å². The summed E-state index contributed by atoms with van der Waals surface area (Å²) in [5, 5.41) is 6.60. The second-order valence-corrected chi connectivity index (χ2v) is 5.39. The van der Waals surface area contributed by atoms with E-state index >= 15 is 0 Å². The summed E-state index contributed by atoms with van der Waals surface area (Å²) < 4.78 is 37.2. The zero-order chi connectivity index (χ0) is 13.4. The summed E-state index contributed by atoms with van der Waals surface area (Å²) in [6.07, 6.45) is -3.32. The maximum atomic E-state index is 12.4. The van der Waals surface area contributed by atoms with Gasteiger partial charge in [-0.25, -0.2) is 0 Å². The predicted octanol–water partition coefficient (Wildman–Crippen LogP) is 3.26. The maximum Gasteiger partial charge on any atom is 0.416 e. The van der Waals surface area contributed by atoms with E-state index in [1.807, 2.05) is 0 Å². The highest BCUT2D eigenvalue weighted by Crippen LogP contribution is 2.30. The smallest absolute Gasteiger partial charge is 0.381 e. The summed E-state index contributed by atoms with van der Waals surface area (Å²) in [5.74, 6) is 0. The van der Waals surface area contributed by atoms with Crippen molar-refractivity contribution in [3.05, 3.63) is 29.8 Å². The van der Waals surface area contributed by atoms with Gasteiger partial charge in [0.25, 0.3) is 0 Å². The zero-order valence-electron chi connectivity index (χ0n) is 10.4. The minimum Gasteiger partial charge on any atom is -0.381 e. The number of benzene rings is 1. The molecule has 1 aromatic rings. The van der Waals surface area contributed by atoms with Crippen molar-refractivity contribution < 1.29 is 13.2 Å². The highest BCUT2D eigenvalue weighted by Gasteiger charge is 2.31. The quantitative estimate of drug-likeness (QED) is 0.850. The van der Waals surface area contributed by atoms with Gasteiger partial charge in [0.15, 0.2) is 0 Å². The Labute approximate surface area is 105 Å². The first-order valence-corrected chi connectivity index (χ1v) is 5.95. The van der Waals surface area contributed by atoms with Gasteiger partial charge >= 0.3 is 6.18 Å². The molecule has 1 aliphatic heterocycles. The summed E-state index contributed by atoms with van der Waals surface area (Å²) in [6.45, 7) is 5.05. The fourth-order valence-corrected chi connectivity index (χ4v) is 2.25. The molecule has 0 aliphatic carbocycles. The van der Waals surface area contributed by atoms with Gasteiger partial charge in [-0.05, 0) is 44.5 Å². The van der Waals surface area contributed by atoms with Crippen LogP contribution in [-0.4, -0.2) is 18.1 Å². The third-order valence-corrected chi connectivity index (χ3v) is 3.17. The maximum absolute atomic E-state index is 12.4. The Bertz CT molecular complexity index is 409. The van der Waals surface area contributed by atoms with Crippen molar-refractivity contribution in [2.45, 2.75) is 38.0 Å². The summed E-state index contributed by atoms with van der Waals surface area (Å²) in [7, 11) is 0. The Kier molecular flexibility index (Phi) is 3.27. The zero-order valence-corrected chi connectivity index (χ0v) is 10.4. The molecule has 2 nitrogen and oxygen atoms in total. The van der Waals surface area contributed by atoms with Gasteiger partial charge in [0, 0.05) is 23.8 Å². The molecule has 1 aromatic carbocycles. The topological polar surface area (TPSA) is 24.1 Å². The van der Waals surface area contributed by atoms with Crippen LogP contribution in [0.4, 0.5) is 18.9 Å². The molecule has 100 valence electrons. The lowest BCUT2D eigenvalue weighted by atomic mass is 10.0. The van der Waals surface area contributed by atoms with Crippen LogP contribution in [-0.2, 0) is 6.18 Å². The van der Waals surface area contributed by atoms with Crippen LogP contribution in [0.25, 0.3) is 0 Å². The second-order valence-electron chi connectivity index (χ2n) is 5.39. The molecule has 18 heavy (non-hydrogen) atoms. The lowest BCUT2D eigenvalue weighted by molar-refractivity contribution is -0.137.